The van der Waals surface area contributed by atoms with Gasteiger partial charge >= 0.3 is 0 Å². The van der Waals surface area contributed by atoms with E-state index in [1.165, 1.54) is 26.0 Å². The van der Waals surface area contributed by atoms with Crippen molar-refractivity contribution in [3.8, 4) is 0 Å². The number of rotatable bonds is 3. The van der Waals surface area contributed by atoms with Gasteiger partial charge in [-0.1, -0.05) is 6.08 Å². The number of hydrogen-bond acceptors (Lipinski definition) is 1. The van der Waals surface area contributed by atoms with Crippen molar-refractivity contribution in [2.45, 2.75) is 32.7 Å². The van der Waals surface area contributed by atoms with Gasteiger partial charge in [-0.2, -0.15) is 0 Å². The molecule has 12 heavy (non-hydrogen) atoms. The minimum Gasteiger partial charge on any atom is -0.342 e. The molecule has 0 spiro atoms. The van der Waals surface area contributed by atoms with E-state index in [0.29, 0.717) is 0 Å². The third-order valence-corrected chi connectivity index (χ3v) is 1.31. The van der Waals surface area contributed by atoms with Crippen molar-refractivity contribution in [1.82, 2.24) is 5.32 Å². The van der Waals surface area contributed by atoms with Crippen molar-refractivity contribution in [1.29, 1.82) is 0 Å². The molecule has 0 rings (SSSR count). The summed E-state index contributed by atoms with van der Waals surface area (Å²) in [6.07, 6.45) is 0.146. The lowest BCUT2D eigenvalue weighted by molar-refractivity contribution is -0.120. The maximum Gasteiger partial charge on any atom is 0.260 e. The van der Waals surface area contributed by atoms with Crippen LogP contribution in [-0.2, 0) is 4.79 Å². The Balaban J connectivity index is 4.15. The lowest BCUT2D eigenvalue weighted by Gasteiger charge is -2.24. The van der Waals surface area contributed by atoms with E-state index in [0.717, 1.165) is 0 Å². The molecule has 1 amide bonds. The number of nitrogens with one attached hydrogen (secondary N) is 1. The highest BCUT2D eigenvalue weighted by Crippen LogP contribution is 2.13. The van der Waals surface area contributed by atoms with Gasteiger partial charge in [-0.15, -0.1) is 0 Å². The van der Waals surface area contributed by atoms with Crippen molar-refractivity contribution < 1.29 is 13.6 Å². The summed E-state index contributed by atoms with van der Waals surface area (Å²) in [7, 11) is 0. The van der Waals surface area contributed by atoms with Gasteiger partial charge in [0.1, 0.15) is 0 Å². The first-order valence-corrected chi connectivity index (χ1v) is 3.63. The highest BCUT2D eigenvalue weighted by atomic mass is 19.3. The van der Waals surface area contributed by atoms with Gasteiger partial charge in [0, 0.05) is 0 Å². The SMILES string of the molecule is C/C=C/C(=O)NC(C)(C)C(F)F. The van der Waals surface area contributed by atoms with Crippen LogP contribution in [0.5, 0.6) is 0 Å². The molecule has 0 saturated heterocycles. The molecule has 0 unspecified atom stereocenters. The van der Waals surface area contributed by atoms with Crippen molar-refractivity contribution >= 4 is 5.91 Å². The molecule has 0 aliphatic carbocycles. The summed E-state index contributed by atoms with van der Waals surface area (Å²) in [5, 5.41) is 2.18. The second-order valence-electron chi connectivity index (χ2n) is 3.01. The van der Waals surface area contributed by atoms with E-state index >= 15 is 0 Å². The second kappa shape index (κ2) is 4.18. The Morgan fingerprint density at radius 1 is 1.50 bits per heavy atom. The van der Waals surface area contributed by atoms with Gasteiger partial charge in [0.05, 0.1) is 5.54 Å². The Bertz CT molecular complexity index is 187. The molecule has 0 bridgehead atoms. The molecule has 0 heterocycles. The number of carbonyl (C=O) groups is 1. The zero-order valence-electron chi connectivity index (χ0n) is 7.40. The van der Waals surface area contributed by atoms with Gasteiger partial charge in [0.2, 0.25) is 5.91 Å². The highest BCUT2D eigenvalue weighted by molar-refractivity contribution is 5.87. The number of alkyl halides is 2. The Morgan fingerprint density at radius 2 is 2.00 bits per heavy atom. The normalized spacial score (nSPS) is 12.5. The summed E-state index contributed by atoms with van der Waals surface area (Å²) in [4.78, 5) is 10.8. The van der Waals surface area contributed by atoms with Crippen LogP contribution in [0.25, 0.3) is 0 Å². The van der Waals surface area contributed by atoms with Crippen molar-refractivity contribution in [2.24, 2.45) is 0 Å². The minimum atomic E-state index is -2.56. The zero-order valence-corrected chi connectivity index (χ0v) is 7.40. The average molecular weight is 177 g/mol. The third kappa shape index (κ3) is 3.46. The Morgan fingerprint density at radius 3 is 2.33 bits per heavy atom. The van der Waals surface area contributed by atoms with E-state index in [-0.39, 0.29) is 0 Å². The molecular formula is C8H13F2NO. The van der Waals surface area contributed by atoms with Gasteiger partial charge in [-0.3, -0.25) is 4.79 Å². The van der Waals surface area contributed by atoms with Crippen LogP contribution in [0, 0.1) is 0 Å². The van der Waals surface area contributed by atoms with Crippen LogP contribution in [0.1, 0.15) is 20.8 Å². The van der Waals surface area contributed by atoms with Crippen molar-refractivity contribution in [3.63, 3.8) is 0 Å². The molecule has 1 N–H and O–H groups in total. The largest absolute Gasteiger partial charge is 0.342 e. The van der Waals surface area contributed by atoms with Gasteiger partial charge < -0.3 is 5.32 Å². The summed E-state index contributed by atoms with van der Waals surface area (Å²) in [6, 6.07) is 0. The Kier molecular flexibility index (Phi) is 3.86. The standard InChI is InChI=1S/C8H13F2NO/c1-4-5-6(12)11-8(2,3)7(9)10/h4-5,7H,1-3H3,(H,11,12)/b5-4+. The van der Waals surface area contributed by atoms with Gasteiger partial charge in [0.15, 0.2) is 0 Å². The quantitative estimate of drug-likeness (QED) is 0.653. The second-order valence-corrected chi connectivity index (χ2v) is 3.01. The van der Waals surface area contributed by atoms with E-state index in [1.807, 2.05) is 0 Å². The molecule has 2 nitrogen and oxygen atoms in total. The summed E-state index contributed by atoms with van der Waals surface area (Å²) >= 11 is 0. The number of hydrogen-bond donors (Lipinski definition) is 1. The molecule has 0 fully saturated rings. The molecule has 0 saturated carbocycles. The highest BCUT2D eigenvalue weighted by Gasteiger charge is 2.30. The first-order chi connectivity index (χ1) is 5.40. The molecule has 0 radical (unpaired) electrons. The van der Waals surface area contributed by atoms with Crippen LogP contribution in [0.3, 0.4) is 0 Å². The number of carbonyl (C=O) groups excluding carboxylic acids is 1. The summed E-state index contributed by atoms with van der Waals surface area (Å²) in [5.74, 6) is -0.497. The lowest BCUT2D eigenvalue weighted by Crippen LogP contribution is -2.48. The van der Waals surface area contributed by atoms with Crippen LogP contribution in [0.2, 0.25) is 0 Å². The van der Waals surface area contributed by atoms with Gasteiger partial charge in [0.25, 0.3) is 6.43 Å². The van der Waals surface area contributed by atoms with Crippen molar-refractivity contribution in [3.05, 3.63) is 12.2 Å². The Hall–Kier alpha value is -0.930. The first-order valence-electron chi connectivity index (χ1n) is 3.63. The van der Waals surface area contributed by atoms with Crippen LogP contribution < -0.4 is 5.32 Å². The third-order valence-electron chi connectivity index (χ3n) is 1.31. The molecule has 0 aliphatic heterocycles. The summed E-state index contributed by atoms with van der Waals surface area (Å²) < 4.78 is 24.3. The van der Waals surface area contributed by atoms with E-state index < -0.39 is 17.9 Å². The number of halogens is 2. The zero-order chi connectivity index (χ0) is 9.78. The average Bonchev–Trinajstić information content (AvgIpc) is 1.85. The molecule has 0 aromatic carbocycles. The van der Waals surface area contributed by atoms with Crippen LogP contribution >= 0.6 is 0 Å². The fourth-order valence-electron chi connectivity index (χ4n) is 0.565. The van der Waals surface area contributed by atoms with E-state index in [4.69, 9.17) is 0 Å². The summed E-state index contributed by atoms with van der Waals surface area (Å²) in [5.41, 5.74) is -1.46. The topological polar surface area (TPSA) is 29.1 Å². The molecule has 4 heteroatoms. The molecule has 0 aliphatic rings. The fourth-order valence-corrected chi connectivity index (χ4v) is 0.565. The van der Waals surface area contributed by atoms with Crippen LogP contribution in [0.4, 0.5) is 8.78 Å². The molecule has 0 aromatic heterocycles. The van der Waals surface area contributed by atoms with E-state index in [9.17, 15) is 13.6 Å². The van der Waals surface area contributed by atoms with Crippen LogP contribution in [-0.4, -0.2) is 17.9 Å². The fraction of sp³-hybridized carbons (Fsp3) is 0.625. The smallest absolute Gasteiger partial charge is 0.260 e. The van der Waals surface area contributed by atoms with E-state index in [1.54, 1.807) is 6.92 Å². The molecular weight excluding hydrogens is 164 g/mol. The number of allylic oxidation sites excluding steroid dienone is 1. The molecule has 0 aromatic rings. The van der Waals surface area contributed by atoms with Crippen LogP contribution in [0.15, 0.2) is 12.2 Å². The maximum atomic E-state index is 12.2. The predicted octanol–water partition coefficient (Wildman–Crippen LogP) is 1.72. The van der Waals surface area contributed by atoms with Crippen molar-refractivity contribution in [2.75, 3.05) is 0 Å². The predicted molar refractivity (Wildman–Crippen MR) is 43.0 cm³/mol. The summed E-state index contributed by atoms with van der Waals surface area (Å²) in [6.45, 7) is 4.20. The van der Waals surface area contributed by atoms with Gasteiger partial charge in [-0.05, 0) is 26.8 Å². The minimum absolute atomic E-state index is 0.497. The van der Waals surface area contributed by atoms with E-state index in [2.05, 4.69) is 5.32 Å². The maximum absolute atomic E-state index is 12.2. The van der Waals surface area contributed by atoms with Gasteiger partial charge in [-0.25, -0.2) is 8.78 Å². The lowest BCUT2D eigenvalue weighted by atomic mass is 10.1. The molecule has 0 atom stereocenters. The number of amides is 1. The monoisotopic (exact) mass is 177 g/mol. The first kappa shape index (κ1) is 11.1. The molecule has 70 valence electrons. The Labute approximate surface area is 70.6 Å².